The molecule has 0 saturated carbocycles. The number of hydrogen-bond acceptors (Lipinski definition) is 1. The molecule has 0 radical (unpaired) electrons. The zero-order valence-electron chi connectivity index (χ0n) is 11.6. The van der Waals surface area contributed by atoms with Gasteiger partial charge in [0.25, 0.3) is 0 Å². The highest BCUT2D eigenvalue weighted by Crippen LogP contribution is 2.33. The number of rotatable bonds is 2. The lowest BCUT2D eigenvalue weighted by molar-refractivity contribution is 0.626. The Bertz CT molecular complexity index is 827. The first-order valence-corrected chi connectivity index (χ1v) is 7.79. The monoisotopic (exact) mass is 366 g/mol. The van der Waals surface area contributed by atoms with E-state index in [1.165, 1.54) is 12.1 Å². The smallest absolute Gasteiger partial charge is 0.132 e. The number of alkyl halides is 1. The maximum Gasteiger partial charge on any atom is 0.132 e. The zero-order chi connectivity index (χ0) is 15.1. The van der Waals surface area contributed by atoms with E-state index in [-0.39, 0.29) is 11.2 Å². The van der Waals surface area contributed by atoms with Crippen LogP contribution in [0.3, 0.4) is 0 Å². The van der Waals surface area contributed by atoms with E-state index in [0.29, 0.717) is 4.47 Å². The molecular weight excluding hydrogens is 355 g/mol. The van der Waals surface area contributed by atoms with Crippen LogP contribution in [0.25, 0.3) is 16.7 Å². The Kier molecular flexibility index (Phi) is 3.76. The molecule has 2 nitrogen and oxygen atoms in total. The van der Waals surface area contributed by atoms with Gasteiger partial charge in [0, 0.05) is 4.47 Å². The minimum Gasteiger partial charge on any atom is -0.294 e. The summed E-state index contributed by atoms with van der Waals surface area (Å²) in [5, 5.41) is -0.256. The van der Waals surface area contributed by atoms with Gasteiger partial charge >= 0.3 is 0 Å². The van der Waals surface area contributed by atoms with Crippen molar-refractivity contribution < 1.29 is 4.39 Å². The van der Waals surface area contributed by atoms with Crippen molar-refractivity contribution >= 4 is 38.6 Å². The van der Waals surface area contributed by atoms with Crippen LogP contribution in [0.2, 0.25) is 0 Å². The number of halogens is 3. The minimum absolute atomic E-state index is 0.256. The first-order chi connectivity index (χ1) is 9.99. The molecular formula is C16H13BrClFN2. The lowest BCUT2D eigenvalue weighted by Crippen LogP contribution is -2.03. The Hall–Kier alpha value is -1.39. The van der Waals surface area contributed by atoms with Crippen molar-refractivity contribution in [1.82, 2.24) is 9.55 Å². The van der Waals surface area contributed by atoms with E-state index in [1.807, 2.05) is 36.6 Å². The highest BCUT2D eigenvalue weighted by atomic mass is 79.9. The third-order valence-corrected chi connectivity index (χ3v) is 4.24. The standard InChI is InChI=1S/C16H13BrClFN2/c1-9-4-3-5-13-15(9)21(16(20-13)10(2)18)14-7-6-11(19)8-12(14)17/h3-8,10H,1-2H3. The molecule has 0 spiro atoms. The van der Waals surface area contributed by atoms with Crippen LogP contribution in [-0.2, 0) is 0 Å². The second-order valence-corrected chi connectivity index (χ2v) is 6.47. The normalized spacial score (nSPS) is 12.8. The van der Waals surface area contributed by atoms with Gasteiger partial charge in [-0.25, -0.2) is 9.37 Å². The molecule has 0 aliphatic carbocycles. The molecule has 0 N–H and O–H groups in total. The summed E-state index contributed by atoms with van der Waals surface area (Å²) in [6, 6.07) is 10.6. The number of benzene rings is 2. The van der Waals surface area contributed by atoms with Crippen molar-refractivity contribution in [3.05, 3.63) is 58.1 Å². The summed E-state index contributed by atoms with van der Waals surface area (Å²) in [4.78, 5) is 4.63. The largest absolute Gasteiger partial charge is 0.294 e. The van der Waals surface area contributed by atoms with Gasteiger partial charge in [-0.2, -0.15) is 0 Å². The number of hydrogen-bond donors (Lipinski definition) is 0. The predicted octanol–water partition coefficient (Wildman–Crippen LogP) is 5.54. The van der Waals surface area contributed by atoms with Gasteiger partial charge in [-0.15, -0.1) is 11.6 Å². The van der Waals surface area contributed by atoms with Crippen LogP contribution in [0.15, 0.2) is 40.9 Å². The van der Waals surface area contributed by atoms with Crippen molar-refractivity contribution in [3.63, 3.8) is 0 Å². The van der Waals surface area contributed by atoms with Gasteiger partial charge in [0.1, 0.15) is 11.6 Å². The summed E-state index contributed by atoms with van der Waals surface area (Å²) in [7, 11) is 0. The van der Waals surface area contributed by atoms with Crippen LogP contribution in [0, 0.1) is 12.7 Å². The number of para-hydroxylation sites is 1. The van der Waals surface area contributed by atoms with Crippen molar-refractivity contribution in [3.8, 4) is 5.69 Å². The van der Waals surface area contributed by atoms with Crippen molar-refractivity contribution in [2.75, 3.05) is 0 Å². The fraction of sp³-hybridized carbons (Fsp3) is 0.188. The Morgan fingerprint density at radius 1 is 1.29 bits per heavy atom. The number of fused-ring (bicyclic) bond motifs is 1. The van der Waals surface area contributed by atoms with Crippen molar-refractivity contribution in [2.24, 2.45) is 0 Å². The molecule has 0 amide bonds. The molecule has 0 bridgehead atoms. The zero-order valence-corrected chi connectivity index (χ0v) is 13.9. The van der Waals surface area contributed by atoms with Gasteiger partial charge in [-0.05, 0) is 59.6 Å². The van der Waals surface area contributed by atoms with Gasteiger partial charge in [-0.1, -0.05) is 12.1 Å². The fourth-order valence-electron chi connectivity index (χ4n) is 2.49. The topological polar surface area (TPSA) is 17.8 Å². The van der Waals surface area contributed by atoms with E-state index in [9.17, 15) is 4.39 Å². The summed E-state index contributed by atoms with van der Waals surface area (Å²) in [5.41, 5.74) is 3.80. The number of imidazole rings is 1. The Morgan fingerprint density at radius 2 is 2.05 bits per heavy atom. The van der Waals surface area contributed by atoms with E-state index in [0.717, 1.165) is 28.1 Å². The molecule has 21 heavy (non-hydrogen) atoms. The molecule has 0 aliphatic heterocycles. The number of aryl methyl sites for hydroxylation is 1. The maximum absolute atomic E-state index is 13.4. The average Bonchev–Trinajstić information content (AvgIpc) is 2.80. The Balaban J connectivity index is 2.41. The van der Waals surface area contributed by atoms with Crippen LogP contribution in [0.5, 0.6) is 0 Å². The van der Waals surface area contributed by atoms with Crippen LogP contribution in [0.4, 0.5) is 4.39 Å². The Morgan fingerprint density at radius 3 is 2.71 bits per heavy atom. The van der Waals surface area contributed by atoms with E-state index < -0.39 is 0 Å². The summed E-state index contributed by atoms with van der Waals surface area (Å²) < 4.78 is 16.0. The second-order valence-electron chi connectivity index (χ2n) is 4.96. The summed E-state index contributed by atoms with van der Waals surface area (Å²) in [6.07, 6.45) is 0. The molecule has 0 fully saturated rings. The molecule has 1 unspecified atom stereocenters. The average molecular weight is 368 g/mol. The molecule has 3 aromatic rings. The molecule has 1 aromatic heterocycles. The van der Waals surface area contributed by atoms with E-state index in [4.69, 9.17) is 11.6 Å². The third kappa shape index (κ3) is 2.47. The van der Waals surface area contributed by atoms with Gasteiger partial charge in [-0.3, -0.25) is 4.57 Å². The van der Waals surface area contributed by atoms with E-state index in [1.54, 1.807) is 6.07 Å². The van der Waals surface area contributed by atoms with Crippen LogP contribution in [0.1, 0.15) is 23.7 Å². The quantitative estimate of drug-likeness (QED) is 0.544. The molecule has 1 heterocycles. The van der Waals surface area contributed by atoms with Crippen molar-refractivity contribution in [1.29, 1.82) is 0 Å². The van der Waals surface area contributed by atoms with E-state index in [2.05, 4.69) is 20.9 Å². The first-order valence-electron chi connectivity index (χ1n) is 6.56. The SMILES string of the molecule is Cc1cccc2nc(C(C)Cl)n(-c3ccc(F)cc3Br)c12. The molecule has 0 saturated heterocycles. The summed E-state index contributed by atoms with van der Waals surface area (Å²) in [5.74, 6) is 0.459. The van der Waals surface area contributed by atoms with Gasteiger partial charge in [0.2, 0.25) is 0 Å². The van der Waals surface area contributed by atoms with Crippen LogP contribution in [-0.4, -0.2) is 9.55 Å². The highest BCUT2D eigenvalue weighted by molar-refractivity contribution is 9.10. The highest BCUT2D eigenvalue weighted by Gasteiger charge is 2.19. The molecule has 2 aromatic carbocycles. The van der Waals surface area contributed by atoms with E-state index >= 15 is 0 Å². The molecule has 5 heteroatoms. The molecule has 0 aliphatic rings. The first kappa shape index (κ1) is 14.5. The predicted molar refractivity (Wildman–Crippen MR) is 87.7 cm³/mol. The van der Waals surface area contributed by atoms with Crippen molar-refractivity contribution in [2.45, 2.75) is 19.2 Å². The summed E-state index contributed by atoms with van der Waals surface area (Å²) >= 11 is 9.72. The van der Waals surface area contributed by atoms with Crippen LogP contribution < -0.4 is 0 Å². The minimum atomic E-state index is -0.285. The number of nitrogens with zero attached hydrogens (tertiary/aromatic N) is 2. The maximum atomic E-state index is 13.4. The molecule has 1 atom stereocenters. The van der Waals surface area contributed by atoms with Gasteiger partial charge < -0.3 is 0 Å². The van der Waals surface area contributed by atoms with Gasteiger partial charge in [0.05, 0.1) is 22.1 Å². The lowest BCUT2D eigenvalue weighted by Gasteiger charge is -2.13. The fourth-order valence-corrected chi connectivity index (χ4v) is 3.16. The molecule has 3 rings (SSSR count). The second kappa shape index (κ2) is 5.43. The Labute approximate surface area is 135 Å². The van der Waals surface area contributed by atoms with Gasteiger partial charge in [0.15, 0.2) is 0 Å². The molecule has 108 valence electrons. The third-order valence-electron chi connectivity index (χ3n) is 3.41. The number of aromatic nitrogens is 2. The lowest BCUT2D eigenvalue weighted by atomic mass is 10.2. The van der Waals surface area contributed by atoms with Crippen LogP contribution >= 0.6 is 27.5 Å². The summed E-state index contributed by atoms with van der Waals surface area (Å²) in [6.45, 7) is 3.91.